The number of thiophene rings is 2. The van der Waals surface area contributed by atoms with Gasteiger partial charge < -0.3 is 14.8 Å². The highest BCUT2D eigenvalue weighted by Crippen LogP contribution is 2.40. The highest BCUT2D eigenvalue weighted by molar-refractivity contribution is 7.19. The van der Waals surface area contributed by atoms with Crippen LogP contribution in [0.4, 0.5) is 5.82 Å². The minimum absolute atomic E-state index is 0.254. The minimum Gasteiger partial charge on any atom is -0.454 e. The summed E-state index contributed by atoms with van der Waals surface area (Å²) < 4.78 is 10.8. The van der Waals surface area contributed by atoms with Crippen molar-refractivity contribution in [3.63, 3.8) is 0 Å². The Labute approximate surface area is 284 Å². The maximum Gasteiger partial charge on any atom is 0.231 e. The summed E-state index contributed by atoms with van der Waals surface area (Å²) in [5.74, 6) is 3.13. The van der Waals surface area contributed by atoms with Gasteiger partial charge in [0.2, 0.25) is 6.79 Å². The Balaban J connectivity index is 0.000000162. The van der Waals surface area contributed by atoms with Crippen molar-refractivity contribution in [3.05, 3.63) is 85.9 Å². The fourth-order valence-corrected chi connectivity index (χ4v) is 7.44. The normalized spacial score (nSPS) is 11.9. The van der Waals surface area contributed by atoms with Gasteiger partial charge in [0.25, 0.3) is 0 Å². The van der Waals surface area contributed by atoms with Crippen molar-refractivity contribution in [2.45, 2.75) is 20.4 Å². The van der Waals surface area contributed by atoms with E-state index in [4.69, 9.17) is 44.3 Å². The van der Waals surface area contributed by atoms with Gasteiger partial charge in [0.05, 0.1) is 33.2 Å². The quantitative estimate of drug-likeness (QED) is 0.173. The molecule has 8 rings (SSSR count). The first-order chi connectivity index (χ1) is 22.4. The zero-order chi connectivity index (χ0) is 31.8. The number of benzene rings is 1. The van der Waals surface area contributed by atoms with Gasteiger partial charge >= 0.3 is 0 Å². The van der Waals surface area contributed by atoms with Gasteiger partial charge in [-0.15, -0.1) is 22.7 Å². The summed E-state index contributed by atoms with van der Waals surface area (Å²) in [6, 6.07) is 5.85. The summed E-state index contributed by atoms with van der Waals surface area (Å²) in [7, 11) is 0. The van der Waals surface area contributed by atoms with Gasteiger partial charge in [-0.1, -0.05) is 40.9 Å². The molecule has 0 bridgehead atoms. The molecule has 6 aromatic heterocycles. The van der Waals surface area contributed by atoms with Crippen molar-refractivity contribution in [2.75, 3.05) is 12.1 Å². The molecule has 0 unspecified atom stereocenters. The lowest BCUT2D eigenvalue weighted by molar-refractivity contribution is 0.174. The fourth-order valence-electron chi connectivity index (χ4n) is 4.54. The molecule has 7 heterocycles. The molecule has 1 aromatic carbocycles. The van der Waals surface area contributed by atoms with Crippen LogP contribution in [0.15, 0.2) is 55.4 Å². The molecular weight excluding hydrogens is 689 g/mol. The van der Waals surface area contributed by atoms with Crippen molar-refractivity contribution in [3.8, 4) is 34.5 Å². The van der Waals surface area contributed by atoms with Crippen LogP contribution in [0.3, 0.4) is 0 Å². The third kappa shape index (κ3) is 5.99. The van der Waals surface area contributed by atoms with E-state index < -0.39 is 0 Å². The van der Waals surface area contributed by atoms with Crippen LogP contribution >= 0.6 is 57.5 Å². The molecule has 230 valence electrons. The number of aryl methyl sites for hydroxylation is 2. The molecule has 0 spiro atoms. The molecule has 0 saturated carbocycles. The molecule has 7 aromatic rings. The van der Waals surface area contributed by atoms with Gasteiger partial charge in [0.15, 0.2) is 23.1 Å². The van der Waals surface area contributed by atoms with Crippen LogP contribution in [0.5, 0.6) is 11.5 Å². The van der Waals surface area contributed by atoms with Crippen LogP contribution in [0.25, 0.3) is 43.5 Å². The number of aromatic nitrogens is 8. The van der Waals surface area contributed by atoms with Crippen LogP contribution in [0.2, 0.25) is 15.2 Å². The van der Waals surface area contributed by atoms with Crippen molar-refractivity contribution < 1.29 is 9.47 Å². The van der Waals surface area contributed by atoms with Gasteiger partial charge in [0, 0.05) is 41.1 Å². The lowest BCUT2D eigenvalue weighted by atomic mass is 10.2. The molecule has 0 saturated heterocycles. The van der Waals surface area contributed by atoms with Gasteiger partial charge in [-0.05, 0) is 31.5 Å². The van der Waals surface area contributed by atoms with E-state index in [0.717, 1.165) is 41.9 Å². The molecule has 1 aliphatic heterocycles. The van der Waals surface area contributed by atoms with Gasteiger partial charge in [-0.25, -0.2) is 29.9 Å². The first-order valence-corrected chi connectivity index (χ1v) is 16.4. The molecular formula is C30H20Cl3N9O2S2. The van der Waals surface area contributed by atoms with Crippen LogP contribution in [0.1, 0.15) is 15.3 Å². The Morgan fingerprint density at radius 3 is 2.00 bits per heavy atom. The standard InChI is InChI=1S/C19H14ClN5O2S.C11H6Cl2N4S/c1-10-16(20)15-18(23-7-11-2-3-13-14(6-11)27-9-26-13)24-17(25-19(15)28-10)12-8-21-4-5-22-12;1-5-8(12)7-9(13)16-10(17-11(7)18-5)6-4-14-2-3-15-6/h2-6,8H,7,9H2,1H3,(H,23,24,25);2-4H,1H3. The van der Waals surface area contributed by atoms with Crippen molar-refractivity contribution >= 4 is 83.7 Å². The molecule has 1 N–H and O–H groups in total. The zero-order valence-electron chi connectivity index (χ0n) is 24.0. The Morgan fingerprint density at radius 1 is 0.739 bits per heavy atom. The second-order valence-electron chi connectivity index (χ2n) is 9.76. The average molecular weight is 709 g/mol. The summed E-state index contributed by atoms with van der Waals surface area (Å²) in [4.78, 5) is 38.0. The summed E-state index contributed by atoms with van der Waals surface area (Å²) in [5.41, 5.74) is 2.24. The topological polar surface area (TPSA) is 134 Å². The van der Waals surface area contributed by atoms with E-state index in [1.165, 1.54) is 22.7 Å². The van der Waals surface area contributed by atoms with Crippen molar-refractivity contribution in [2.24, 2.45) is 0 Å². The van der Waals surface area contributed by atoms with E-state index in [0.29, 0.717) is 56.0 Å². The SMILES string of the molecule is Cc1sc2nc(-c3cnccn3)nc(Cl)c2c1Cl.Cc1sc2nc(-c3cnccn3)nc(NCc3ccc4c(c3)OCO4)c2c1Cl. The third-order valence-corrected chi connectivity index (χ3v) is 10.2. The van der Waals surface area contributed by atoms with Crippen LogP contribution in [-0.4, -0.2) is 46.7 Å². The van der Waals surface area contributed by atoms with Crippen molar-refractivity contribution in [1.29, 1.82) is 0 Å². The molecule has 0 amide bonds. The van der Waals surface area contributed by atoms with E-state index in [2.05, 4.69) is 45.2 Å². The maximum absolute atomic E-state index is 6.53. The minimum atomic E-state index is 0.254. The molecule has 16 heteroatoms. The summed E-state index contributed by atoms with van der Waals surface area (Å²) >= 11 is 21.9. The van der Waals surface area contributed by atoms with Gasteiger partial charge in [-0.2, -0.15) is 0 Å². The maximum atomic E-state index is 6.53. The van der Waals surface area contributed by atoms with Crippen LogP contribution in [0, 0.1) is 13.8 Å². The predicted molar refractivity (Wildman–Crippen MR) is 181 cm³/mol. The third-order valence-electron chi connectivity index (χ3n) is 6.75. The number of fused-ring (bicyclic) bond motifs is 3. The van der Waals surface area contributed by atoms with Gasteiger partial charge in [0.1, 0.15) is 32.0 Å². The largest absolute Gasteiger partial charge is 0.454 e. The summed E-state index contributed by atoms with van der Waals surface area (Å²) in [6.07, 6.45) is 9.66. The zero-order valence-corrected chi connectivity index (χ0v) is 27.9. The number of rotatable bonds is 5. The summed E-state index contributed by atoms with van der Waals surface area (Å²) in [6.45, 7) is 4.70. The molecule has 11 nitrogen and oxygen atoms in total. The Kier molecular flexibility index (Phi) is 8.49. The molecule has 0 fully saturated rings. The number of anilines is 1. The van der Waals surface area contributed by atoms with Crippen LogP contribution < -0.4 is 14.8 Å². The Hall–Kier alpha value is -4.27. The van der Waals surface area contributed by atoms with Crippen molar-refractivity contribution in [1.82, 2.24) is 39.9 Å². The van der Waals surface area contributed by atoms with E-state index >= 15 is 0 Å². The number of hydrogen-bond acceptors (Lipinski definition) is 13. The second kappa shape index (κ2) is 12.9. The molecule has 46 heavy (non-hydrogen) atoms. The molecule has 0 radical (unpaired) electrons. The monoisotopic (exact) mass is 707 g/mol. The average Bonchev–Trinajstić information content (AvgIpc) is 3.75. The van der Waals surface area contributed by atoms with E-state index in [1.807, 2.05) is 32.0 Å². The van der Waals surface area contributed by atoms with E-state index in [1.54, 1.807) is 37.2 Å². The Morgan fingerprint density at radius 2 is 1.35 bits per heavy atom. The molecule has 1 aliphatic rings. The molecule has 0 atom stereocenters. The number of nitrogens with one attached hydrogen (secondary N) is 1. The first kappa shape index (κ1) is 30.4. The van der Waals surface area contributed by atoms with E-state index in [-0.39, 0.29) is 6.79 Å². The smallest absolute Gasteiger partial charge is 0.231 e. The first-order valence-electron chi connectivity index (χ1n) is 13.6. The molecule has 0 aliphatic carbocycles. The Bertz CT molecular complexity index is 2220. The predicted octanol–water partition coefficient (Wildman–Crippen LogP) is 8.21. The summed E-state index contributed by atoms with van der Waals surface area (Å²) in [5, 5.41) is 6.53. The highest BCUT2D eigenvalue weighted by atomic mass is 35.5. The lowest BCUT2D eigenvalue weighted by Crippen LogP contribution is -2.04. The second-order valence-corrected chi connectivity index (χ2v) is 13.3. The fraction of sp³-hybridized carbons (Fsp3) is 0.133. The lowest BCUT2D eigenvalue weighted by Gasteiger charge is -2.10. The number of ether oxygens (including phenoxy) is 2. The van der Waals surface area contributed by atoms with Crippen LogP contribution in [-0.2, 0) is 6.54 Å². The number of halogens is 3. The highest BCUT2D eigenvalue weighted by Gasteiger charge is 2.19. The number of nitrogens with zero attached hydrogens (tertiary/aromatic N) is 8. The van der Waals surface area contributed by atoms with E-state index in [9.17, 15) is 0 Å². The van der Waals surface area contributed by atoms with Gasteiger partial charge in [-0.3, -0.25) is 9.97 Å². The number of hydrogen-bond donors (Lipinski definition) is 1.